The number of aromatic nitrogens is 3. The van der Waals surface area contributed by atoms with Gasteiger partial charge in [-0.15, -0.1) is 0 Å². The molecule has 0 saturated carbocycles. The number of pyridine rings is 1. The van der Waals surface area contributed by atoms with Gasteiger partial charge in [0.1, 0.15) is 12.1 Å². The highest BCUT2D eigenvalue weighted by Gasteiger charge is 2.20. The lowest BCUT2D eigenvalue weighted by Crippen LogP contribution is -2.47. The molecular formula is C28H35N7O3. The first-order valence-corrected chi connectivity index (χ1v) is 12.7. The van der Waals surface area contributed by atoms with Gasteiger partial charge in [0.05, 0.1) is 11.9 Å². The van der Waals surface area contributed by atoms with E-state index in [1.165, 1.54) is 0 Å². The molecule has 1 aliphatic rings. The molecule has 0 unspecified atom stereocenters. The van der Waals surface area contributed by atoms with Crippen molar-refractivity contribution in [2.45, 2.75) is 32.9 Å². The maximum atomic E-state index is 12.5. The Balaban J connectivity index is 1.31. The summed E-state index contributed by atoms with van der Waals surface area (Å²) in [5, 5.41) is 2.51. The monoisotopic (exact) mass is 517 g/mol. The molecule has 10 heteroatoms. The number of nitrogens with one attached hydrogen (secondary N) is 1. The van der Waals surface area contributed by atoms with Crippen LogP contribution in [0.5, 0.6) is 0 Å². The Morgan fingerprint density at radius 1 is 0.974 bits per heavy atom. The molecule has 0 spiro atoms. The van der Waals surface area contributed by atoms with Crippen LogP contribution in [0.4, 0.5) is 16.4 Å². The molecule has 2 amide bonds. The highest BCUT2D eigenvalue weighted by molar-refractivity contribution is 5.82. The molecule has 3 aromatic rings. The average molecular weight is 518 g/mol. The summed E-state index contributed by atoms with van der Waals surface area (Å²) in [6.07, 6.45) is 6.75. The number of carbonyl (C=O) groups is 2. The number of carbonyl (C=O) groups excluding carboxylic acids is 2. The SMILES string of the molecule is CN(Cc1cccc(-c2cnc(N3CCN(c4cccnc4)CC3)nc2)c1)C(=O)CNC(=O)OC(C)(C)C. The Kier molecular flexibility index (Phi) is 8.40. The van der Waals surface area contributed by atoms with E-state index in [-0.39, 0.29) is 12.5 Å². The number of ether oxygens (including phenoxy) is 1. The molecular weight excluding hydrogens is 482 g/mol. The van der Waals surface area contributed by atoms with E-state index in [0.717, 1.165) is 54.5 Å². The van der Waals surface area contributed by atoms with Crippen LogP contribution in [0, 0.1) is 0 Å². The first-order valence-electron chi connectivity index (χ1n) is 12.7. The van der Waals surface area contributed by atoms with Gasteiger partial charge in [0.15, 0.2) is 0 Å². The van der Waals surface area contributed by atoms with E-state index in [9.17, 15) is 9.59 Å². The van der Waals surface area contributed by atoms with Crippen molar-refractivity contribution < 1.29 is 14.3 Å². The summed E-state index contributed by atoms with van der Waals surface area (Å²) in [7, 11) is 1.71. The van der Waals surface area contributed by atoms with Gasteiger partial charge in [0, 0.05) is 63.9 Å². The van der Waals surface area contributed by atoms with E-state index in [2.05, 4.69) is 36.1 Å². The second kappa shape index (κ2) is 11.9. The van der Waals surface area contributed by atoms with Crippen molar-refractivity contribution in [1.82, 2.24) is 25.2 Å². The molecule has 38 heavy (non-hydrogen) atoms. The van der Waals surface area contributed by atoms with Crippen molar-refractivity contribution in [1.29, 1.82) is 0 Å². The number of hydrogen-bond acceptors (Lipinski definition) is 8. The molecule has 4 rings (SSSR count). The fourth-order valence-electron chi connectivity index (χ4n) is 4.15. The average Bonchev–Trinajstić information content (AvgIpc) is 2.91. The van der Waals surface area contributed by atoms with Gasteiger partial charge >= 0.3 is 6.09 Å². The van der Waals surface area contributed by atoms with Gasteiger partial charge in [0.2, 0.25) is 11.9 Å². The van der Waals surface area contributed by atoms with Gasteiger partial charge in [0.25, 0.3) is 0 Å². The number of likely N-dealkylation sites (N-methyl/N-ethyl adjacent to an activating group) is 1. The number of nitrogens with zero attached hydrogens (tertiary/aromatic N) is 6. The second-order valence-corrected chi connectivity index (χ2v) is 10.3. The number of amides is 2. The summed E-state index contributed by atoms with van der Waals surface area (Å²) in [6, 6.07) is 12.0. The first kappa shape index (κ1) is 26.8. The van der Waals surface area contributed by atoms with Crippen LogP contribution in [0.15, 0.2) is 61.2 Å². The Labute approximate surface area is 223 Å². The Bertz CT molecular complexity index is 1220. The molecule has 0 atom stereocenters. The van der Waals surface area contributed by atoms with Gasteiger partial charge in [-0.05, 0) is 50.1 Å². The van der Waals surface area contributed by atoms with Crippen LogP contribution in [0.25, 0.3) is 11.1 Å². The lowest BCUT2D eigenvalue weighted by Gasteiger charge is -2.35. The van der Waals surface area contributed by atoms with E-state index >= 15 is 0 Å². The van der Waals surface area contributed by atoms with Crippen molar-refractivity contribution >= 4 is 23.6 Å². The van der Waals surface area contributed by atoms with E-state index in [1.54, 1.807) is 38.9 Å². The first-order chi connectivity index (χ1) is 18.2. The molecule has 2 aromatic heterocycles. The molecule has 200 valence electrons. The van der Waals surface area contributed by atoms with E-state index in [1.807, 2.05) is 48.9 Å². The van der Waals surface area contributed by atoms with Crippen molar-refractivity contribution in [3.05, 3.63) is 66.7 Å². The zero-order valence-electron chi connectivity index (χ0n) is 22.4. The number of rotatable bonds is 7. The number of hydrogen-bond donors (Lipinski definition) is 1. The topological polar surface area (TPSA) is 104 Å². The van der Waals surface area contributed by atoms with Crippen LogP contribution in [-0.2, 0) is 16.1 Å². The van der Waals surface area contributed by atoms with Gasteiger partial charge in [-0.3, -0.25) is 9.78 Å². The lowest BCUT2D eigenvalue weighted by molar-refractivity contribution is -0.129. The van der Waals surface area contributed by atoms with Crippen molar-refractivity contribution in [3.8, 4) is 11.1 Å². The maximum absolute atomic E-state index is 12.5. The predicted molar refractivity (Wildman–Crippen MR) is 147 cm³/mol. The molecule has 0 aliphatic carbocycles. The van der Waals surface area contributed by atoms with Crippen LogP contribution in [0.1, 0.15) is 26.3 Å². The summed E-state index contributed by atoms with van der Waals surface area (Å²) >= 11 is 0. The van der Waals surface area contributed by atoms with Gasteiger partial charge in [-0.2, -0.15) is 0 Å². The van der Waals surface area contributed by atoms with Crippen LogP contribution in [-0.4, -0.2) is 77.2 Å². The largest absolute Gasteiger partial charge is 0.444 e. The summed E-state index contributed by atoms with van der Waals surface area (Å²) < 4.78 is 5.18. The maximum Gasteiger partial charge on any atom is 0.408 e. The Hall–Kier alpha value is -4.21. The number of anilines is 2. The molecule has 1 fully saturated rings. The Morgan fingerprint density at radius 3 is 2.34 bits per heavy atom. The van der Waals surface area contributed by atoms with Gasteiger partial charge < -0.3 is 24.8 Å². The van der Waals surface area contributed by atoms with Crippen LogP contribution in [0.3, 0.4) is 0 Å². The van der Waals surface area contributed by atoms with Crippen molar-refractivity contribution in [2.75, 3.05) is 49.6 Å². The van der Waals surface area contributed by atoms with Gasteiger partial charge in [-0.1, -0.05) is 18.2 Å². The van der Waals surface area contributed by atoms with Crippen molar-refractivity contribution in [2.24, 2.45) is 0 Å². The number of piperazine rings is 1. The minimum atomic E-state index is -0.614. The van der Waals surface area contributed by atoms with E-state index in [0.29, 0.717) is 6.54 Å². The molecule has 1 saturated heterocycles. The highest BCUT2D eigenvalue weighted by Crippen LogP contribution is 2.22. The smallest absolute Gasteiger partial charge is 0.408 e. The Morgan fingerprint density at radius 2 is 1.68 bits per heavy atom. The van der Waals surface area contributed by atoms with Crippen LogP contribution >= 0.6 is 0 Å². The van der Waals surface area contributed by atoms with Gasteiger partial charge in [-0.25, -0.2) is 14.8 Å². The second-order valence-electron chi connectivity index (χ2n) is 10.3. The molecule has 10 nitrogen and oxygen atoms in total. The fraction of sp³-hybridized carbons (Fsp3) is 0.393. The zero-order chi connectivity index (χ0) is 27.1. The summed E-state index contributed by atoms with van der Waals surface area (Å²) in [5.74, 6) is 0.510. The third-order valence-electron chi connectivity index (χ3n) is 6.10. The van der Waals surface area contributed by atoms with Crippen LogP contribution < -0.4 is 15.1 Å². The summed E-state index contributed by atoms with van der Waals surface area (Å²) in [5.41, 5.74) is 3.37. The molecule has 1 N–H and O–H groups in total. The molecule has 1 aromatic carbocycles. The predicted octanol–water partition coefficient (Wildman–Crippen LogP) is 3.35. The minimum absolute atomic E-state index is 0.128. The lowest BCUT2D eigenvalue weighted by atomic mass is 10.1. The normalized spacial score (nSPS) is 13.7. The van der Waals surface area contributed by atoms with E-state index in [4.69, 9.17) is 4.74 Å². The molecule has 3 heterocycles. The summed E-state index contributed by atoms with van der Waals surface area (Å²) in [6.45, 7) is 9.06. The molecule has 0 radical (unpaired) electrons. The zero-order valence-corrected chi connectivity index (χ0v) is 22.4. The fourth-order valence-corrected chi connectivity index (χ4v) is 4.15. The summed E-state index contributed by atoms with van der Waals surface area (Å²) in [4.78, 5) is 43.9. The molecule has 1 aliphatic heterocycles. The third-order valence-corrected chi connectivity index (χ3v) is 6.10. The van der Waals surface area contributed by atoms with E-state index < -0.39 is 11.7 Å². The number of benzene rings is 1. The quantitative estimate of drug-likeness (QED) is 0.509. The van der Waals surface area contributed by atoms with Crippen molar-refractivity contribution in [3.63, 3.8) is 0 Å². The molecule has 0 bridgehead atoms. The standard InChI is InChI=1S/C28H35N7O3/c1-28(2,3)38-27(37)32-19-25(36)33(4)20-21-7-5-8-22(15-21)23-16-30-26(31-17-23)35-13-11-34(12-14-35)24-9-6-10-29-18-24/h5-10,15-18H,11-14,19-20H2,1-4H3,(H,32,37). The number of alkyl carbamates (subject to hydrolysis) is 1. The highest BCUT2D eigenvalue weighted by atomic mass is 16.6. The minimum Gasteiger partial charge on any atom is -0.444 e. The van der Waals surface area contributed by atoms with Crippen LogP contribution in [0.2, 0.25) is 0 Å². The third kappa shape index (κ3) is 7.41.